The van der Waals surface area contributed by atoms with Crippen molar-refractivity contribution in [2.45, 2.75) is 58.6 Å². The molecule has 0 saturated carbocycles. The van der Waals surface area contributed by atoms with Gasteiger partial charge in [0, 0.05) is 6.04 Å². The third-order valence-electron chi connectivity index (χ3n) is 3.43. The van der Waals surface area contributed by atoms with Gasteiger partial charge in [-0.2, -0.15) is 0 Å². The molecule has 20 heavy (non-hydrogen) atoms. The van der Waals surface area contributed by atoms with Crippen molar-refractivity contribution in [1.29, 1.82) is 0 Å². The summed E-state index contributed by atoms with van der Waals surface area (Å²) >= 11 is 0. The van der Waals surface area contributed by atoms with Gasteiger partial charge in [0.05, 0.1) is 6.61 Å². The number of hydrogen-bond acceptors (Lipinski definition) is 3. The molecule has 0 saturated heterocycles. The van der Waals surface area contributed by atoms with E-state index in [2.05, 4.69) is 32.9 Å². The maximum Gasteiger partial charge on any atom is 0.137 e. The van der Waals surface area contributed by atoms with Crippen molar-refractivity contribution in [2.24, 2.45) is 11.7 Å². The van der Waals surface area contributed by atoms with Crippen LogP contribution in [0.2, 0.25) is 0 Å². The minimum absolute atomic E-state index is 0.0501. The summed E-state index contributed by atoms with van der Waals surface area (Å²) in [5.74, 6) is 1.28. The molecule has 0 aliphatic heterocycles. The van der Waals surface area contributed by atoms with Crippen LogP contribution in [0.25, 0.3) is 0 Å². The van der Waals surface area contributed by atoms with Crippen LogP contribution in [0.1, 0.15) is 45.6 Å². The Kier molecular flexibility index (Phi) is 7.63. The second kappa shape index (κ2) is 8.98. The predicted molar refractivity (Wildman–Crippen MR) is 84.0 cm³/mol. The number of aliphatic hydroxyl groups excluding tert-OH is 1. The summed E-state index contributed by atoms with van der Waals surface area (Å²) in [5.41, 5.74) is 7.41. The maximum atomic E-state index is 9.44. The SMILES string of the molecule is CCCCc1ccc(OC(CO)C(N)CC(C)C)cc1. The molecular weight excluding hydrogens is 250 g/mol. The molecule has 2 unspecified atom stereocenters. The fraction of sp³-hybridized carbons (Fsp3) is 0.647. The van der Waals surface area contributed by atoms with Crippen molar-refractivity contribution in [1.82, 2.24) is 0 Å². The minimum Gasteiger partial charge on any atom is -0.486 e. The molecule has 0 bridgehead atoms. The summed E-state index contributed by atoms with van der Waals surface area (Å²) in [7, 11) is 0. The topological polar surface area (TPSA) is 55.5 Å². The molecular formula is C17H29NO2. The Balaban J connectivity index is 2.56. The number of rotatable bonds is 9. The van der Waals surface area contributed by atoms with Gasteiger partial charge in [-0.3, -0.25) is 0 Å². The smallest absolute Gasteiger partial charge is 0.137 e. The molecule has 0 radical (unpaired) electrons. The van der Waals surface area contributed by atoms with Crippen LogP contribution >= 0.6 is 0 Å². The summed E-state index contributed by atoms with van der Waals surface area (Å²) in [6.45, 7) is 6.39. The van der Waals surface area contributed by atoms with Gasteiger partial charge in [0.1, 0.15) is 11.9 Å². The lowest BCUT2D eigenvalue weighted by molar-refractivity contribution is 0.0881. The van der Waals surface area contributed by atoms with Gasteiger partial charge >= 0.3 is 0 Å². The molecule has 2 atom stereocenters. The van der Waals surface area contributed by atoms with Crippen LogP contribution in [-0.4, -0.2) is 23.9 Å². The Morgan fingerprint density at radius 3 is 2.35 bits per heavy atom. The fourth-order valence-electron chi connectivity index (χ4n) is 2.25. The molecule has 1 rings (SSSR count). The predicted octanol–water partition coefficient (Wildman–Crippen LogP) is 3.14. The lowest BCUT2D eigenvalue weighted by Crippen LogP contribution is -2.42. The van der Waals surface area contributed by atoms with E-state index in [9.17, 15) is 5.11 Å². The molecule has 3 N–H and O–H groups in total. The van der Waals surface area contributed by atoms with Crippen molar-refractivity contribution in [2.75, 3.05) is 6.61 Å². The summed E-state index contributed by atoms with van der Waals surface area (Å²) < 4.78 is 5.81. The van der Waals surface area contributed by atoms with Crippen molar-refractivity contribution >= 4 is 0 Å². The Labute approximate surface area is 123 Å². The Morgan fingerprint density at radius 2 is 1.85 bits per heavy atom. The van der Waals surface area contributed by atoms with E-state index < -0.39 is 0 Å². The van der Waals surface area contributed by atoms with Crippen LogP contribution in [0, 0.1) is 5.92 Å². The Morgan fingerprint density at radius 1 is 1.20 bits per heavy atom. The molecule has 1 aromatic rings. The van der Waals surface area contributed by atoms with E-state index in [4.69, 9.17) is 10.5 Å². The Bertz CT molecular complexity index is 362. The molecule has 3 nitrogen and oxygen atoms in total. The first-order valence-electron chi connectivity index (χ1n) is 7.68. The van der Waals surface area contributed by atoms with E-state index in [0.717, 1.165) is 18.6 Å². The number of aryl methyl sites for hydroxylation is 1. The maximum absolute atomic E-state index is 9.44. The highest BCUT2D eigenvalue weighted by molar-refractivity contribution is 5.27. The van der Waals surface area contributed by atoms with E-state index in [1.807, 2.05) is 12.1 Å². The molecule has 0 heterocycles. The van der Waals surface area contributed by atoms with Crippen molar-refractivity contribution in [3.05, 3.63) is 29.8 Å². The Hall–Kier alpha value is -1.06. The fourth-order valence-corrected chi connectivity index (χ4v) is 2.25. The number of hydrogen-bond donors (Lipinski definition) is 2. The van der Waals surface area contributed by atoms with Gasteiger partial charge in [-0.05, 0) is 42.9 Å². The largest absolute Gasteiger partial charge is 0.486 e. The highest BCUT2D eigenvalue weighted by Crippen LogP contribution is 2.17. The quantitative estimate of drug-likeness (QED) is 0.730. The van der Waals surface area contributed by atoms with Crippen LogP contribution < -0.4 is 10.5 Å². The first kappa shape index (κ1) is 17.0. The van der Waals surface area contributed by atoms with Crippen LogP contribution in [0.4, 0.5) is 0 Å². The zero-order valence-corrected chi connectivity index (χ0v) is 13.0. The number of nitrogens with two attached hydrogens (primary N) is 1. The number of ether oxygens (including phenoxy) is 1. The summed E-state index contributed by atoms with van der Waals surface area (Å²) in [6, 6.07) is 7.98. The van der Waals surface area contributed by atoms with Crippen LogP contribution in [0.15, 0.2) is 24.3 Å². The zero-order valence-electron chi connectivity index (χ0n) is 13.0. The minimum atomic E-state index is -0.334. The molecule has 114 valence electrons. The first-order chi connectivity index (χ1) is 9.56. The molecule has 1 aromatic carbocycles. The molecule has 0 aliphatic rings. The summed E-state index contributed by atoms with van der Waals surface area (Å²) in [4.78, 5) is 0. The van der Waals surface area contributed by atoms with Gasteiger partial charge in [-0.1, -0.05) is 39.3 Å². The first-order valence-corrected chi connectivity index (χ1v) is 7.68. The van der Waals surface area contributed by atoms with E-state index in [0.29, 0.717) is 5.92 Å². The van der Waals surface area contributed by atoms with E-state index in [1.165, 1.54) is 18.4 Å². The van der Waals surface area contributed by atoms with Crippen molar-refractivity contribution in [3.63, 3.8) is 0 Å². The van der Waals surface area contributed by atoms with Crippen molar-refractivity contribution < 1.29 is 9.84 Å². The third-order valence-corrected chi connectivity index (χ3v) is 3.43. The second-order valence-electron chi connectivity index (χ2n) is 5.88. The highest BCUT2D eigenvalue weighted by Gasteiger charge is 2.19. The monoisotopic (exact) mass is 279 g/mol. The molecule has 0 aromatic heterocycles. The average Bonchev–Trinajstić information content (AvgIpc) is 2.42. The van der Waals surface area contributed by atoms with E-state index in [1.54, 1.807) is 0 Å². The van der Waals surface area contributed by atoms with Crippen molar-refractivity contribution in [3.8, 4) is 5.75 Å². The standard InChI is InChI=1S/C17H29NO2/c1-4-5-6-14-7-9-15(10-8-14)20-17(12-19)16(18)11-13(2)3/h7-10,13,16-17,19H,4-6,11-12,18H2,1-3H3. The average molecular weight is 279 g/mol. The number of unbranched alkanes of at least 4 members (excludes halogenated alkanes) is 1. The molecule has 0 spiro atoms. The number of benzene rings is 1. The summed E-state index contributed by atoms with van der Waals surface area (Å²) in [5, 5.41) is 9.44. The molecule has 0 aliphatic carbocycles. The second-order valence-corrected chi connectivity index (χ2v) is 5.88. The van der Waals surface area contributed by atoms with Gasteiger partial charge in [0.15, 0.2) is 0 Å². The van der Waals surface area contributed by atoms with Gasteiger partial charge in [-0.15, -0.1) is 0 Å². The lowest BCUT2D eigenvalue weighted by atomic mass is 10.0. The lowest BCUT2D eigenvalue weighted by Gasteiger charge is -2.24. The van der Waals surface area contributed by atoms with E-state index in [-0.39, 0.29) is 18.8 Å². The highest BCUT2D eigenvalue weighted by atomic mass is 16.5. The molecule has 0 amide bonds. The van der Waals surface area contributed by atoms with E-state index >= 15 is 0 Å². The normalized spacial score (nSPS) is 14.3. The molecule has 0 fully saturated rings. The molecule has 3 heteroatoms. The third kappa shape index (κ3) is 5.93. The van der Waals surface area contributed by atoms with Crippen LogP contribution in [0.3, 0.4) is 0 Å². The van der Waals surface area contributed by atoms with Gasteiger partial charge in [0.25, 0.3) is 0 Å². The zero-order chi connectivity index (χ0) is 15.0. The van der Waals surface area contributed by atoms with Crippen LogP contribution in [0.5, 0.6) is 5.75 Å². The van der Waals surface area contributed by atoms with Gasteiger partial charge in [0.2, 0.25) is 0 Å². The number of aliphatic hydroxyl groups is 1. The van der Waals surface area contributed by atoms with Crippen LogP contribution in [-0.2, 0) is 6.42 Å². The van der Waals surface area contributed by atoms with Gasteiger partial charge in [-0.25, -0.2) is 0 Å². The summed E-state index contributed by atoms with van der Waals surface area (Å²) in [6.07, 6.45) is 4.03. The van der Waals surface area contributed by atoms with Gasteiger partial charge < -0.3 is 15.6 Å².